The van der Waals surface area contributed by atoms with E-state index in [0.29, 0.717) is 19.8 Å². The van der Waals surface area contributed by atoms with Gasteiger partial charge in [-0.15, -0.1) is 0 Å². The fourth-order valence-electron chi connectivity index (χ4n) is 4.33. The number of nitrogens with zero attached hydrogens (tertiary/aromatic N) is 4. The van der Waals surface area contributed by atoms with Crippen LogP contribution < -0.4 is 4.90 Å². The lowest BCUT2D eigenvalue weighted by Crippen LogP contribution is -2.54. The molecule has 0 N–H and O–H groups in total. The molecule has 0 saturated carbocycles. The molecule has 144 valence electrons. The van der Waals surface area contributed by atoms with E-state index in [1.165, 1.54) is 5.69 Å². The normalized spacial score (nSPS) is 20.8. The van der Waals surface area contributed by atoms with Crippen LogP contribution in [0.15, 0.2) is 36.7 Å². The minimum Gasteiger partial charge on any atom is -0.383 e. The monoisotopic (exact) mass is 370 g/mol. The van der Waals surface area contributed by atoms with Crippen molar-refractivity contribution in [3.8, 4) is 5.82 Å². The van der Waals surface area contributed by atoms with Crippen LogP contribution in [-0.4, -0.2) is 66.9 Å². The molecule has 4 heterocycles. The highest BCUT2D eigenvalue weighted by molar-refractivity contribution is 5.78. The number of amides is 1. The van der Waals surface area contributed by atoms with Gasteiger partial charge < -0.3 is 23.8 Å². The maximum absolute atomic E-state index is 12.6. The van der Waals surface area contributed by atoms with Crippen LogP contribution in [0, 0.1) is 0 Å². The van der Waals surface area contributed by atoms with Gasteiger partial charge in [-0.05, 0) is 37.6 Å². The van der Waals surface area contributed by atoms with Crippen molar-refractivity contribution in [3.05, 3.63) is 42.4 Å². The molecule has 7 heteroatoms. The van der Waals surface area contributed by atoms with Crippen molar-refractivity contribution < 1.29 is 14.3 Å². The standard InChI is InChI=1S/C20H26N4O3/c1-3-27-14-18(25)22-11-8-20(15-22)17-7-5-10-23(17)19-16(6-4-9-21-19)24(20)12-13-26-2/h4-7,9-10H,3,8,11-15H2,1-2H3/t20-/m1/s1. The van der Waals surface area contributed by atoms with Crippen molar-refractivity contribution in [2.45, 2.75) is 18.9 Å². The molecule has 4 rings (SSSR count). The minimum absolute atomic E-state index is 0.0514. The van der Waals surface area contributed by atoms with Gasteiger partial charge in [-0.1, -0.05) is 0 Å². The van der Waals surface area contributed by atoms with Crippen LogP contribution in [0.25, 0.3) is 5.82 Å². The molecular formula is C20H26N4O3. The molecule has 2 aromatic heterocycles. The largest absolute Gasteiger partial charge is 0.383 e. The number of carbonyl (C=O) groups excluding carboxylic acids is 1. The average Bonchev–Trinajstić information content (AvgIpc) is 3.35. The smallest absolute Gasteiger partial charge is 0.248 e. The summed E-state index contributed by atoms with van der Waals surface area (Å²) >= 11 is 0. The Kier molecular flexibility index (Phi) is 4.88. The topological polar surface area (TPSA) is 59.8 Å². The van der Waals surface area contributed by atoms with Gasteiger partial charge in [0.2, 0.25) is 5.91 Å². The average molecular weight is 370 g/mol. The number of aromatic nitrogens is 2. The van der Waals surface area contributed by atoms with Crippen molar-refractivity contribution in [3.63, 3.8) is 0 Å². The summed E-state index contributed by atoms with van der Waals surface area (Å²) in [4.78, 5) is 21.5. The van der Waals surface area contributed by atoms with Crippen LogP contribution >= 0.6 is 0 Å². The molecule has 2 aliphatic rings. The number of methoxy groups -OCH3 is 1. The van der Waals surface area contributed by atoms with Gasteiger partial charge >= 0.3 is 0 Å². The predicted octanol–water partition coefficient (Wildman–Crippen LogP) is 1.80. The molecule has 2 aliphatic heterocycles. The number of pyridine rings is 1. The highest BCUT2D eigenvalue weighted by atomic mass is 16.5. The van der Waals surface area contributed by atoms with E-state index in [9.17, 15) is 4.79 Å². The number of hydrogen-bond donors (Lipinski definition) is 0. The van der Waals surface area contributed by atoms with Crippen molar-refractivity contribution >= 4 is 11.6 Å². The van der Waals surface area contributed by atoms with Gasteiger partial charge in [0.1, 0.15) is 12.1 Å². The fraction of sp³-hybridized carbons (Fsp3) is 0.500. The van der Waals surface area contributed by atoms with Gasteiger partial charge in [-0.25, -0.2) is 4.98 Å². The SMILES string of the molecule is CCOCC(=O)N1CC[C@@]2(C1)c1cccn1-c1ncccc1N2CCOC. The molecule has 7 nitrogen and oxygen atoms in total. The Balaban J connectivity index is 1.73. The van der Waals surface area contributed by atoms with Gasteiger partial charge in [0.25, 0.3) is 0 Å². The van der Waals surface area contributed by atoms with Gasteiger partial charge in [-0.3, -0.25) is 4.79 Å². The Hall–Kier alpha value is -2.38. The number of hydrogen-bond acceptors (Lipinski definition) is 5. The number of carbonyl (C=O) groups is 1. The zero-order valence-electron chi connectivity index (χ0n) is 15.9. The summed E-state index contributed by atoms with van der Waals surface area (Å²) in [6, 6.07) is 8.27. The fourth-order valence-corrected chi connectivity index (χ4v) is 4.33. The van der Waals surface area contributed by atoms with Crippen LogP contribution in [0.3, 0.4) is 0 Å². The molecule has 1 atom stereocenters. The Morgan fingerprint density at radius 3 is 3.04 bits per heavy atom. The molecular weight excluding hydrogens is 344 g/mol. The summed E-state index contributed by atoms with van der Waals surface area (Å²) in [6.07, 6.45) is 4.75. The summed E-state index contributed by atoms with van der Waals surface area (Å²) in [6.45, 7) is 5.31. The Morgan fingerprint density at radius 2 is 2.22 bits per heavy atom. The third kappa shape index (κ3) is 2.91. The van der Waals surface area contributed by atoms with Crippen molar-refractivity contribution in [1.29, 1.82) is 0 Å². The highest BCUT2D eigenvalue weighted by Gasteiger charge is 2.50. The molecule has 0 unspecified atom stereocenters. The molecule has 0 aliphatic carbocycles. The summed E-state index contributed by atoms with van der Waals surface area (Å²) in [5.74, 6) is 0.980. The van der Waals surface area contributed by atoms with Crippen LogP contribution in [0.4, 0.5) is 5.69 Å². The molecule has 1 amide bonds. The lowest BCUT2D eigenvalue weighted by atomic mass is 9.89. The lowest BCUT2D eigenvalue weighted by molar-refractivity contribution is -0.135. The number of ether oxygens (including phenoxy) is 2. The molecule has 1 spiro atoms. The highest BCUT2D eigenvalue weighted by Crippen LogP contribution is 2.46. The second-order valence-corrected chi connectivity index (χ2v) is 6.99. The molecule has 0 bridgehead atoms. The Labute approximate surface area is 159 Å². The molecule has 1 saturated heterocycles. The van der Waals surface area contributed by atoms with Crippen molar-refractivity contribution in [2.75, 3.05) is 51.5 Å². The van der Waals surface area contributed by atoms with E-state index in [0.717, 1.165) is 31.0 Å². The molecule has 2 aromatic rings. The number of rotatable bonds is 6. The maximum Gasteiger partial charge on any atom is 0.248 e. The quantitative estimate of drug-likeness (QED) is 0.776. The van der Waals surface area contributed by atoms with E-state index in [1.807, 2.05) is 24.1 Å². The van der Waals surface area contributed by atoms with E-state index >= 15 is 0 Å². The van der Waals surface area contributed by atoms with Gasteiger partial charge in [0.05, 0.1) is 18.0 Å². The van der Waals surface area contributed by atoms with E-state index in [1.54, 1.807) is 7.11 Å². The number of likely N-dealkylation sites (tertiary alicyclic amines) is 1. The first kappa shape index (κ1) is 18.0. The van der Waals surface area contributed by atoms with E-state index < -0.39 is 0 Å². The van der Waals surface area contributed by atoms with Crippen molar-refractivity contribution in [1.82, 2.24) is 14.5 Å². The Morgan fingerprint density at radius 1 is 1.33 bits per heavy atom. The van der Waals surface area contributed by atoms with E-state index in [2.05, 4.69) is 38.8 Å². The number of anilines is 1. The number of fused-ring (bicyclic) bond motifs is 4. The van der Waals surface area contributed by atoms with Gasteiger partial charge in [-0.2, -0.15) is 0 Å². The molecule has 0 aromatic carbocycles. The summed E-state index contributed by atoms with van der Waals surface area (Å²) < 4.78 is 12.9. The van der Waals surface area contributed by atoms with Crippen LogP contribution in [0.2, 0.25) is 0 Å². The maximum atomic E-state index is 12.6. The molecule has 1 fully saturated rings. The zero-order chi connectivity index (χ0) is 18.9. The minimum atomic E-state index is -0.278. The third-order valence-corrected chi connectivity index (χ3v) is 5.58. The zero-order valence-corrected chi connectivity index (χ0v) is 15.9. The van der Waals surface area contributed by atoms with Crippen molar-refractivity contribution in [2.24, 2.45) is 0 Å². The molecule has 27 heavy (non-hydrogen) atoms. The van der Waals surface area contributed by atoms with Gasteiger partial charge in [0, 0.05) is 45.7 Å². The van der Waals surface area contributed by atoms with Gasteiger partial charge in [0.15, 0.2) is 5.82 Å². The first-order valence-electron chi connectivity index (χ1n) is 9.46. The van der Waals surface area contributed by atoms with Crippen LogP contribution in [-0.2, 0) is 19.8 Å². The summed E-state index contributed by atoms with van der Waals surface area (Å²) in [5.41, 5.74) is 1.98. The van der Waals surface area contributed by atoms with E-state index in [-0.39, 0.29) is 18.1 Å². The predicted molar refractivity (Wildman–Crippen MR) is 102 cm³/mol. The second-order valence-electron chi connectivity index (χ2n) is 6.99. The summed E-state index contributed by atoms with van der Waals surface area (Å²) in [5, 5.41) is 0. The summed E-state index contributed by atoms with van der Waals surface area (Å²) in [7, 11) is 1.72. The first-order valence-corrected chi connectivity index (χ1v) is 9.46. The lowest BCUT2D eigenvalue weighted by Gasteiger charge is -2.47. The Bertz CT molecular complexity index is 821. The van der Waals surface area contributed by atoms with E-state index in [4.69, 9.17) is 9.47 Å². The third-order valence-electron chi connectivity index (χ3n) is 5.58. The first-order chi connectivity index (χ1) is 13.2. The van der Waals surface area contributed by atoms with Crippen LogP contribution in [0.5, 0.6) is 0 Å². The molecule has 0 radical (unpaired) electrons. The second kappa shape index (κ2) is 7.32. The van der Waals surface area contributed by atoms with Crippen LogP contribution in [0.1, 0.15) is 19.0 Å².